The third kappa shape index (κ3) is 4.63. The third-order valence-corrected chi connectivity index (χ3v) is 6.91. The number of rotatable bonds is 8. The number of aromatic nitrogens is 3. The lowest BCUT2D eigenvalue weighted by Gasteiger charge is -2.10. The molecule has 0 atom stereocenters. The van der Waals surface area contributed by atoms with Gasteiger partial charge in [0, 0.05) is 27.1 Å². The summed E-state index contributed by atoms with van der Waals surface area (Å²) in [4.78, 5) is 40.7. The van der Waals surface area contributed by atoms with Crippen LogP contribution < -0.4 is 11.1 Å². The van der Waals surface area contributed by atoms with Crippen LogP contribution in [0.15, 0.2) is 30.5 Å². The van der Waals surface area contributed by atoms with Crippen LogP contribution in [0.1, 0.15) is 33.1 Å². The Kier molecular flexibility index (Phi) is 6.34. The summed E-state index contributed by atoms with van der Waals surface area (Å²) in [6, 6.07) is 6.05. The number of amides is 2. The minimum atomic E-state index is -2.83. The van der Waals surface area contributed by atoms with Crippen LogP contribution in [0.5, 0.6) is 0 Å². The van der Waals surface area contributed by atoms with Crippen molar-refractivity contribution in [1.29, 1.82) is 0 Å². The van der Waals surface area contributed by atoms with Gasteiger partial charge in [0.25, 0.3) is 12.3 Å². The van der Waals surface area contributed by atoms with E-state index in [9.17, 15) is 28.5 Å². The van der Waals surface area contributed by atoms with E-state index in [4.69, 9.17) is 5.73 Å². The van der Waals surface area contributed by atoms with Crippen molar-refractivity contribution in [2.45, 2.75) is 26.3 Å². The highest BCUT2D eigenvalue weighted by molar-refractivity contribution is 7.21. The van der Waals surface area contributed by atoms with E-state index in [1.807, 2.05) is 13.0 Å². The zero-order chi connectivity index (χ0) is 24.6. The number of thiophene rings is 2. The van der Waals surface area contributed by atoms with Gasteiger partial charge in [-0.2, -0.15) is 4.68 Å². The molecule has 0 saturated carbocycles. The molecular formula is C20H16F2N6O4S2. The summed E-state index contributed by atoms with van der Waals surface area (Å²) in [6.45, 7) is 1.91. The molecule has 0 spiro atoms. The van der Waals surface area contributed by atoms with Crippen LogP contribution in [0.3, 0.4) is 0 Å². The monoisotopic (exact) mass is 506 g/mol. The zero-order valence-corrected chi connectivity index (χ0v) is 19.1. The number of nitrogens with two attached hydrogens (primary N) is 1. The number of pyridine rings is 1. The molecule has 14 heteroatoms. The Morgan fingerprint density at radius 3 is 2.65 bits per heavy atom. The minimum Gasteiger partial charge on any atom is -0.365 e. The van der Waals surface area contributed by atoms with Gasteiger partial charge in [-0.25, -0.2) is 13.8 Å². The van der Waals surface area contributed by atoms with E-state index in [0.717, 1.165) is 16.2 Å². The van der Waals surface area contributed by atoms with Gasteiger partial charge in [0.1, 0.15) is 15.4 Å². The molecule has 4 heterocycles. The number of hydrogen-bond donors (Lipinski definition) is 2. The van der Waals surface area contributed by atoms with Gasteiger partial charge in [-0.3, -0.25) is 9.59 Å². The summed E-state index contributed by atoms with van der Waals surface area (Å²) in [5.41, 5.74) is 5.55. The molecule has 0 aromatic carbocycles. The Labute approximate surface area is 198 Å². The molecule has 0 aliphatic heterocycles. The molecule has 176 valence electrons. The van der Waals surface area contributed by atoms with Crippen molar-refractivity contribution in [2.75, 3.05) is 5.32 Å². The second-order valence-electron chi connectivity index (χ2n) is 7.15. The van der Waals surface area contributed by atoms with Gasteiger partial charge in [0.2, 0.25) is 5.91 Å². The standard InChI is InChI=1S/C20H16F2N6O4S2/c1-9-2-3-12(33-9)10-8-11(18(21)22)24-20-15(10)16(17(34-20)19(23)30)25-14(29)5-7-27-6-4-13(26-27)28(31)32/h2-4,6,8,18H,5,7H2,1H3,(H2,23,30)(H,25,29). The maximum Gasteiger partial charge on any atom is 0.389 e. The van der Waals surface area contributed by atoms with Crippen LogP contribution in [0.25, 0.3) is 20.7 Å². The van der Waals surface area contributed by atoms with Gasteiger partial charge in [0.05, 0.1) is 29.6 Å². The van der Waals surface area contributed by atoms with E-state index in [1.165, 1.54) is 34.3 Å². The Hall–Kier alpha value is -3.78. The van der Waals surface area contributed by atoms with E-state index < -0.39 is 28.9 Å². The fraction of sp³-hybridized carbons (Fsp3) is 0.200. The number of halogens is 2. The first-order valence-electron chi connectivity index (χ1n) is 9.74. The fourth-order valence-corrected chi connectivity index (χ4v) is 5.19. The molecule has 0 fully saturated rings. The number of carbonyl (C=O) groups is 2. The number of alkyl halides is 2. The normalized spacial score (nSPS) is 11.3. The van der Waals surface area contributed by atoms with Crippen molar-refractivity contribution in [3.8, 4) is 10.4 Å². The first-order chi connectivity index (χ1) is 16.1. The first kappa shape index (κ1) is 23.4. The molecule has 4 aromatic heterocycles. The summed E-state index contributed by atoms with van der Waals surface area (Å²) in [5.74, 6) is -1.71. The molecule has 0 radical (unpaired) electrons. The highest BCUT2D eigenvalue weighted by atomic mass is 32.1. The summed E-state index contributed by atoms with van der Waals surface area (Å²) in [7, 11) is 0. The van der Waals surface area contributed by atoms with Crippen LogP contribution >= 0.6 is 22.7 Å². The molecule has 0 saturated heterocycles. The van der Waals surface area contributed by atoms with Crippen molar-refractivity contribution < 1.29 is 23.3 Å². The second-order valence-corrected chi connectivity index (χ2v) is 9.44. The molecule has 0 bridgehead atoms. The molecule has 0 aliphatic rings. The van der Waals surface area contributed by atoms with Gasteiger partial charge < -0.3 is 21.2 Å². The number of nitro groups is 1. The maximum atomic E-state index is 13.5. The number of primary amides is 1. The highest BCUT2D eigenvalue weighted by Crippen LogP contribution is 2.44. The van der Waals surface area contributed by atoms with Crippen molar-refractivity contribution in [2.24, 2.45) is 5.73 Å². The SMILES string of the molecule is Cc1ccc(-c2cc(C(F)F)nc3sc(C(N)=O)c(NC(=O)CCn4ccc([N+](=O)[O-])n4)c23)s1. The molecule has 10 nitrogen and oxygen atoms in total. The number of nitrogens with zero attached hydrogens (tertiary/aromatic N) is 4. The van der Waals surface area contributed by atoms with Crippen LogP contribution in [0.4, 0.5) is 20.3 Å². The van der Waals surface area contributed by atoms with Crippen molar-refractivity contribution in [1.82, 2.24) is 14.8 Å². The molecule has 2 amide bonds. The summed E-state index contributed by atoms with van der Waals surface area (Å²) >= 11 is 2.19. The Bertz CT molecular complexity index is 1430. The van der Waals surface area contributed by atoms with Gasteiger partial charge in [-0.05, 0) is 30.0 Å². The van der Waals surface area contributed by atoms with E-state index >= 15 is 0 Å². The zero-order valence-electron chi connectivity index (χ0n) is 17.4. The minimum absolute atomic E-state index is 0.0217. The first-order valence-corrected chi connectivity index (χ1v) is 11.4. The van der Waals surface area contributed by atoms with E-state index in [-0.39, 0.29) is 34.2 Å². The lowest BCUT2D eigenvalue weighted by molar-refractivity contribution is -0.389. The molecule has 3 N–H and O–H groups in total. The quantitative estimate of drug-likeness (QED) is 0.266. The average molecular weight is 507 g/mol. The lowest BCUT2D eigenvalue weighted by Crippen LogP contribution is -2.18. The topological polar surface area (TPSA) is 146 Å². The number of fused-ring (bicyclic) bond motifs is 1. The average Bonchev–Trinajstić information content (AvgIpc) is 3.50. The van der Waals surface area contributed by atoms with Gasteiger partial charge in [0.15, 0.2) is 0 Å². The largest absolute Gasteiger partial charge is 0.389 e. The Morgan fingerprint density at radius 2 is 2.06 bits per heavy atom. The maximum absolute atomic E-state index is 13.5. The Balaban J connectivity index is 1.73. The molecule has 4 rings (SSSR count). The summed E-state index contributed by atoms with van der Waals surface area (Å²) < 4.78 is 28.3. The van der Waals surface area contributed by atoms with Crippen LogP contribution in [0.2, 0.25) is 0 Å². The summed E-state index contributed by atoms with van der Waals surface area (Å²) in [5, 5.41) is 17.5. The van der Waals surface area contributed by atoms with Gasteiger partial charge in [-0.15, -0.1) is 22.7 Å². The summed E-state index contributed by atoms with van der Waals surface area (Å²) in [6.07, 6.45) is -1.59. The van der Waals surface area contributed by atoms with Crippen LogP contribution in [0, 0.1) is 17.0 Å². The van der Waals surface area contributed by atoms with Crippen LogP contribution in [-0.4, -0.2) is 31.5 Å². The van der Waals surface area contributed by atoms with E-state index in [2.05, 4.69) is 15.4 Å². The van der Waals surface area contributed by atoms with Gasteiger partial charge in [-0.1, -0.05) is 0 Å². The van der Waals surface area contributed by atoms with Crippen molar-refractivity contribution in [3.63, 3.8) is 0 Å². The number of aryl methyl sites for hydroxylation is 2. The predicted octanol–water partition coefficient (Wildman–Crippen LogP) is 4.50. The Morgan fingerprint density at radius 1 is 1.29 bits per heavy atom. The van der Waals surface area contributed by atoms with Crippen LogP contribution in [-0.2, 0) is 11.3 Å². The smallest absolute Gasteiger partial charge is 0.365 e. The number of hydrogen-bond acceptors (Lipinski definition) is 8. The van der Waals surface area contributed by atoms with Crippen molar-refractivity contribution >= 4 is 56.2 Å². The van der Waals surface area contributed by atoms with Gasteiger partial charge >= 0.3 is 5.82 Å². The highest BCUT2D eigenvalue weighted by Gasteiger charge is 2.25. The van der Waals surface area contributed by atoms with Crippen molar-refractivity contribution in [3.05, 3.63) is 56.0 Å². The molecular weight excluding hydrogens is 490 g/mol. The molecule has 0 unspecified atom stereocenters. The number of nitrogens with one attached hydrogen (secondary N) is 1. The molecule has 34 heavy (non-hydrogen) atoms. The fourth-order valence-electron chi connectivity index (χ4n) is 3.29. The number of carbonyl (C=O) groups excluding carboxylic acids is 2. The lowest BCUT2D eigenvalue weighted by atomic mass is 10.1. The predicted molar refractivity (Wildman–Crippen MR) is 123 cm³/mol. The van der Waals surface area contributed by atoms with E-state index in [1.54, 1.807) is 6.07 Å². The molecule has 0 aliphatic carbocycles. The number of anilines is 1. The van der Waals surface area contributed by atoms with E-state index in [0.29, 0.717) is 15.8 Å². The second kappa shape index (κ2) is 9.23. The third-order valence-electron chi connectivity index (χ3n) is 4.78. The molecule has 4 aromatic rings.